The van der Waals surface area contributed by atoms with Crippen LogP contribution >= 0.6 is 11.6 Å². The van der Waals surface area contributed by atoms with Crippen LogP contribution in [0.15, 0.2) is 48.5 Å². The Hall–Kier alpha value is -2.33. The lowest BCUT2D eigenvalue weighted by Gasteiger charge is -2.03. The zero-order chi connectivity index (χ0) is 16.1. The average molecular weight is 319 g/mol. The lowest BCUT2D eigenvalue weighted by atomic mass is 10.0. The van der Waals surface area contributed by atoms with Gasteiger partial charge >= 0.3 is 0 Å². The molecule has 0 aromatic heterocycles. The molecule has 0 bridgehead atoms. The number of ketones is 3. The molecule has 0 spiro atoms. The van der Waals surface area contributed by atoms with E-state index >= 15 is 0 Å². The largest absolute Gasteiger partial charge is 0.299 e. The molecule has 0 saturated carbocycles. The molecule has 0 heterocycles. The fraction of sp³-hybridized carbons (Fsp3) is 0.118. The van der Waals surface area contributed by atoms with Crippen LogP contribution in [0.1, 0.15) is 33.6 Å². The summed E-state index contributed by atoms with van der Waals surface area (Å²) >= 11 is 5.88. The molecule has 0 unspecified atom stereocenters. The van der Waals surface area contributed by atoms with Crippen LogP contribution in [0.3, 0.4) is 0 Å². The van der Waals surface area contributed by atoms with Crippen LogP contribution in [0.5, 0.6) is 0 Å². The Bertz CT molecular complexity index is 723. The topological polar surface area (TPSA) is 51.2 Å². The molecule has 0 radical (unpaired) electrons. The molecular formula is C17H12ClFO3. The molecule has 0 amide bonds. The van der Waals surface area contributed by atoms with Crippen molar-refractivity contribution in [3.05, 3.63) is 70.5 Å². The second-order valence-electron chi connectivity index (χ2n) is 4.73. The lowest BCUT2D eigenvalue weighted by Crippen LogP contribution is -2.13. The van der Waals surface area contributed by atoms with Crippen LogP contribution in [0, 0.1) is 5.82 Å². The van der Waals surface area contributed by atoms with Gasteiger partial charge in [0, 0.05) is 11.1 Å². The fourth-order valence-corrected chi connectivity index (χ4v) is 2.18. The zero-order valence-electron chi connectivity index (χ0n) is 11.5. The second kappa shape index (κ2) is 7.09. The normalized spacial score (nSPS) is 10.3. The van der Waals surface area contributed by atoms with Crippen molar-refractivity contribution in [3.8, 4) is 0 Å². The van der Waals surface area contributed by atoms with Crippen LogP contribution in [0.25, 0.3) is 0 Å². The highest BCUT2D eigenvalue weighted by molar-refractivity contribution is 6.34. The number of hydrogen-bond acceptors (Lipinski definition) is 3. The van der Waals surface area contributed by atoms with Gasteiger partial charge in [-0.05, 0) is 36.4 Å². The third-order valence-electron chi connectivity index (χ3n) is 3.06. The summed E-state index contributed by atoms with van der Waals surface area (Å²) in [5.41, 5.74) is 0.492. The maximum atomic E-state index is 12.8. The molecule has 3 nitrogen and oxygen atoms in total. The van der Waals surface area contributed by atoms with Crippen molar-refractivity contribution in [2.45, 2.75) is 12.8 Å². The van der Waals surface area contributed by atoms with Crippen molar-refractivity contribution in [2.75, 3.05) is 0 Å². The molecule has 22 heavy (non-hydrogen) atoms. The highest BCUT2D eigenvalue weighted by Crippen LogP contribution is 2.17. The van der Waals surface area contributed by atoms with Gasteiger partial charge in [-0.1, -0.05) is 23.7 Å². The zero-order valence-corrected chi connectivity index (χ0v) is 12.3. The number of rotatable bonds is 6. The van der Waals surface area contributed by atoms with Crippen LogP contribution in [-0.2, 0) is 4.79 Å². The van der Waals surface area contributed by atoms with Crippen molar-refractivity contribution >= 4 is 29.0 Å². The molecule has 5 heteroatoms. The second-order valence-corrected chi connectivity index (χ2v) is 5.13. The Morgan fingerprint density at radius 1 is 0.864 bits per heavy atom. The highest BCUT2D eigenvalue weighted by Gasteiger charge is 2.17. The van der Waals surface area contributed by atoms with Gasteiger partial charge in [0.15, 0.2) is 11.6 Å². The monoisotopic (exact) mass is 318 g/mol. The minimum Gasteiger partial charge on any atom is -0.299 e. The Morgan fingerprint density at radius 2 is 1.45 bits per heavy atom. The van der Waals surface area contributed by atoms with E-state index in [0.717, 1.165) is 12.1 Å². The summed E-state index contributed by atoms with van der Waals surface area (Å²) in [5, 5.41) is 0.269. The summed E-state index contributed by atoms with van der Waals surface area (Å²) in [6.07, 6.45) is -0.793. The third-order valence-corrected chi connectivity index (χ3v) is 3.39. The summed E-state index contributed by atoms with van der Waals surface area (Å²) < 4.78 is 12.8. The minimum atomic E-state index is -0.501. The molecule has 0 saturated heterocycles. The Labute approximate surface area is 131 Å². The van der Waals surface area contributed by atoms with Gasteiger partial charge in [0.2, 0.25) is 0 Å². The van der Waals surface area contributed by atoms with E-state index in [2.05, 4.69) is 0 Å². The van der Waals surface area contributed by atoms with Crippen molar-refractivity contribution in [2.24, 2.45) is 0 Å². The fourth-order valence-electron chi connectivity index (χ4n) is 1.94. The number of halogens is 2. The van der Waals surface area contributed by atoms with Gasteiger partial charge in [-0.25, -0.2) is 4.39 Å². The maximum absolute atomic E-state index is 12.8. The van der Waals surface area contributed by atoms with Crippen LogP contribution in [0.2, 0.25) is 5.02 Å². The van der Waals surface area contributed by atoms with Gasteiger partial charge < -0.3 is 0 Å². The van der Waals surface area contributed by atoms with Crippen LogP contribution in [-0.4, -0.2) is 17.3 Å². The summed E-state index contributed by atoms with van der Waals surface area (Å²) in [5.74, 6) is -1.84. The molecule has 112 valence electrons. The SMILES string of the molecule is O=C(CC(=O)c1ccc(F)cc1)CC(=O)c1ccccc1Cl. The predicted octanol–water partition coefficient (Wildman–Crippen LogP) is 3.89. The first-order valence-corrected chi connectivity index (χ1v) is 6.93. The summed E-state index contributed by atoms with van der Waals surface area (Å²) in [6.45, 7) is 0. The van der Waals surface area contributed by atoms with E-state index in [1.165, 1.54) is 18.2 Å². The Balaban J connectivity index is 1.98. The van der Waals surface area contributed by atoms with E-state index in [-0.39, 0.29) is 16.1 Å². The summed E-state index contributed by atoms with van der Waals surface area (Å²) in [6, 6.07) is 11.3. The van der Waals surface area contributed by atoms with Crippen molar-refractivity contribution < 1.29 is 18.8 Å². The average Bonchev–Trinajstić information content (AvgIpc) is 2.48. The van der Waals surface area contributed by atoms with Gasteiger partial charge in [-0.15, -0.1) is 0 Å². The van der Waals surface area contributed by atoms with E-state index in [1.807, 2.05) is 0 Å². The number of Topliss-reactive ketones (excluding diaryl/α,β-unsaturated/α-hetero) is 3. The van der Waals surface area contributed by atoms with E-state index in [0.29, 0.717) is 0 Å². The smallest absolute Gasteiger partial charge is 0.171 e. The van der Waals surface area contributed by atoms with E-state index in [1.54, 1.807) is 18.2 Å². The molecule has 0 fully saturated rings. The minimum absolute atomic E-state index is 0.236. The molecule has 2 rings (SSSR count). The van der Waals surface area contributed by atoms with Crippen LogP contribution < -0.4 is 0 Å². The lowest BCUT2D eigenvalue weighted by molar-refractivity contribution is -0.117. The predicted molar refractivity (Wildman–Crippen MR) is 80.8 cm³/mol. The van der Waals surface area contributed by atoms with Crippen molar-refractivity contribution in [1.29, 1.82) is 0 Å². The number of carbonyl (C=O) groups is 3. The first-order valence-electron chi connectivity index (χ1n) is 6.55. The molecule has 0 atom stereocenters. The molecule has 0 aliphatic rings. The quantitative estimate of drug-likeness (QED) is 0.599. The third kappa shape index (κ3) is 4.09. The number of benzene rings is 2. The van der Waals surface area contributed by atoms with Gasteiger partial charge in [-0.3, -0.25) is 14.4 Å². The number of hydrogen-bond donors (Lipinski definition) is 0. The van der Waals surface area contributed by atoms with Crippen LogP contribution in [0.4, 0.5) is 4.39 Å². The molecule has 2 aromatic carbocycles. The molecular weight excluding hydrogens is 307 g/mol. The first kappa shape index (κ1) is 16.0. The number of carbonyl (C=O) groups excluding carboxylic acids is 3. The summed E-state index contributed by atoms with van der Waals surface area (Å²) in [7, 11) is 0. The standard InChI is InChI=1S/C17H12ClFO3/c18-15-4-2-1-3-14(15)17(22)10-13(20)9-16(21)11-5-7-12(19)8-6-11/h1-8H,9-10H2. The summed E-state index contributed by atoms with van der Waals surface area (Å²) in [4.78, 5) is 35.7. The van der Waals surface area contributed by atoms with E-state index in [4.69, 9.17) is 11.6 Å². The Morgan fingerprint density at radius 3 is 2.09 bits per heavy atom. The molecule has 2 aromatic rings. The van der Waals surface area contributed by atoms with Gasteiger partial charge in [0.25, 0.3) is 0 Å². The van der Waals surface area contributed by atoms with E-state index < -0.39 is 36.0 Å². The molecule has 0 N–H and O–H groups in total. The molecule has 0 aliphatic carbocycles. The highest BCUT2D eigenvalue weighted by atomic mass is 35.5. The maximum Gasteiger partial charge on any atom is 0.171 e. The van der Waals surface area contributed by atoms with Gasteiger partial charge in [0.05, 0.1) is 17.9 Å². The van der Waals surface area contributed by atoms with Crippen molar-refractivity contribution in [1.82, 2.24) is 0 Å². The molecule has 0 aliphatic heterocycles. The van der Waals surface area contributed by atoms with Gasteiger partial charge in [-0.2, -0.15) is 0 Å². The van der Waals surface area contributed by atoms with E-state index in [9.17, 15) is 18.8 Å². The Kier molecular flexibility index (Phi) is 5.17. The van der Waals surface area contributed by atoms with Crippen molar-refractivity contribution in [3.63, 3.8) is 0 Å². The van der Waals surface area contributed by atoms with Gasteiger partial charge in [0.1, 0.15) is 11.6 Å². The first-order chi connectivity index (χ1) is 10.5.